The Bertz CT molecular complexity index is 1060. The van der Waals surface area contributed by atoms with E-state index in [0.29, 0.717) is 11.3 Å². The molecule has 25 heavy (non-hydrogen) atoms. The highest BCUT2D eigenvalue weighted by Gasteiger charge is 2.59. The number of aliphatic hydroxyl groups is 1. The molecule has 4 N–H and O–H groups in total. The number of carbonyl (C=O) groups excluding carboxylic acids is 1. The van der Waals surface area contributed by atoms with E-state index in [4.69, 9.17) is 14.9 Å². The Morgan fingerprint density at radius 1 is 1.32 bits per heavy atom. The van der Waals surface area contributed by atoms with Gasteiger partial charge in [0.1, 0.15) is 24.0 Å². The van der Waals surface area contributed by atoms with Crippen molar-refractivity contribution < 1.29 is 19.1 Å². The van der Waals surface area contributed by atoms with E-state index >= 15 is 0 Å². The maximum Gasteiger partial charge on any atom is 0.248 e. The molecule has 1 amide bonds. The molecular formula is C17H11N3O5. The lowest BCUT2D eigenvalue weighted by molar-refractivity contribution is -0.119. The van der Waals surface area contributed by atoms with Crippen molar-refractivity contribution in [1.82, 2.24) is 0 Å². The fourth-order valence-electron chi connectivity index (χ4n) is 3.28. The SMILES string of the molecule is N#CC1=C(N)Oc2c(oc(CO)cc2=O)C12C(=O)Nc1ccccc12. The molecule has 8 nitrogen and oxygen atoms in total. The molecule has 3 heterocycles. The molecule has 0 radical (unpaired) electrons. The quantitative estimate of drug-likeness (QED) is 0.687. The summed E-state index contributed by atoms with van der Waals surface area (Å²) >= 11 is 0. The molecule has 2 aliphatic rings. The minimum absolute atomic E-state index is 0.0540. The lowest BCUT2D eigenvalue weighted by Crippen LogP contribution is -2.43. The Morgan fingerprint density at radius 2 is 2.08 bits per heavy atom. The van der Waals surface area contributed by atoms with Crippen LogP contribution < -0.4 is 21.2 Å². The molecule has 0 bridgehead atoms. The number of nitriles is 1. The predicted octanol–water partition coefficient (Wildman–Crippen LogP) is 0.457. The van der Waals surface area contributed by atoms with Crippen molar-refractivity contribution >= 4 is 11.6 Å². The first kappa shape index (κ1) is 15.0. The highest BCUT2D eigenvalue weighted by molar-refractivity contribution is 6.12. The van der Waals surface area contributed by atoms with E-state index in [-0.39, 0.29) is 28.7 Å². The van der Waals surface area contributed by atoms with Gasteiger partial charge >= 0.3 is 0 Å². The molecule has 1 unspecified atom stereocenters. The van der Waals surface area contributed by atoms with E-state index in [0.717, 1.165) is 6.07 Å². The molecule has 2 aliphatic heterocycles. The van der Waals surface area contributed by atoms with Crippen LogP contribution in [0.25, 0.3) is 0 Å². The largest absolute Gasteiger partial charge is 0.457 e. The summed E-state index contributed by atoms with van der Waals surface area (Å²) in [6, 6.07) is 9.66. The number of carbonyl (C=O) groups is 1. The number of nitrogens with one attached hydrogen (secondary N) is 1. The van der Waals surface area contributed by atoms with Gasteiger partial charge in [-0.2, -0.15) is 5.26 Å². The van der Waals surface area contributed by atoms with Crippen LogP contribution in [0.3, 0.4) is 0 Å². The number of aliphatic hydroxyl groups excluding tert-OH is 1. The maximum atomic E-state index is 13.0. The van der Waals surface area contributed by atoms with Gasteiger partial charge in [-0.25, -0.2) is 0 Å². The Kier molecular flexibility index (Phi) is 2.97. The van der Waals surface area contributed by atoms with Crippen LogP contribution in [0, 0.1) is 11.3 Å². The van der Waals surface area contributed by atoms with Crippen LogP contribution in [0.4, 0.5) is 5.69 Å². The monoisotopic (exact) mass is 337 g/mol. The van der Waals surface area contributed by atoms with Crippen molar-refractivity contribution in [3.63, 3.8) is 0 Å². The highest BCUT2D eigenvalue weighted by Crippen LogP contribution is 2.52. The molecule has 0 saturated carbocycles. The van der Waals surface area contributed by atoms with E-state index < -0.39 is 23.4 Å². The van der Waals surface area contributed by atoms with Gasteiger partial charge in [0.2, 0.25) is 23.0 Å². The summed E-state index contributed by atoms with van der Waals surface area (Å²) in [5, 5.41) is 21.7. The van der Waals surface area contributed by atoms with E-state index in [1.165, 1.54) is 0 Å². The molecule has 8 heteroatoms. The fraction of sp³-hybridized carbons (Fsp3) is 0.118. The normalized spacial score (nSPS) is 20.6. The Morgan fingerprint density at radius 3 is 2.80 bits per heavy atom. The standard InChI is InChI=1S/C17H11N3O5/c18-6-10-15(19)25-13-12(22)5-8(7-21)24-14(13)17(10)9-3-1-2-4-11(9)20-16(17)23/h1-5,21H,7,19H2,(H,20,23). The average molecular weight is 337 g/mol. The van der Waals surface area contributed by atoms with Crippen molar-refractivity contribution in [3.05, 3.63) is 69.1 Å². The lowest BCUT2D eigenvalue weighted by Gasteiger charge is -2.31. The Hall–Kier alpha value is -3.57. The molecule has 0 saturated heterocycles. The molecule has 2 aromatic rings. The van der Waals surface area contributed by atoms with E-state index in [1.54, 1.807) is 24.3 Å². The second kappa shape index (κ2) is 4.96. The summed E-state index contributed by atoms with van der Waals surface area (Å²) in [4.78, 5) is 25.3. The van der Waals surface area contributed by atoms with E-state index in [9.17, 15) is 20.0 Å². The van der Waals surface area contributed by atoms with Crippen LogP contribution in [-0.2, 0) is 16.8 Å². The van der Waals surface area contributed by atoms with Crippen molar-refractivity contribution in [2.24, 2.45) is 5.73 Å². The second-order valence-electron chi connectivity index (χ2n) is 5.60. The smallest absolute Gasteiger partial charge is 0.248 e. The lowest BCUT2D eigenvalue weighted by atomic mass is 9.72. The number of hydrogen-bond acceptors (Lipinski definition) is 7. The summed E-state index contributed by atoms with van der Waals surface area (Å²) in [7, 11) is 0. The third kappa shape index (κ3) is 1.72. The molecular weight excluding hydrogens is 326 g/mol. The van der Waals surface area contributed by atoms with Gasteiger partial charge in [-0.1, -0.05) is 18.2 Å². The van der Waals surface area contributed by atoms with Crippen LogP contribution in [0.2, 0.25) is 0 Å². The summed E-state index contributed by atoms with van der Waals surface area (Å²) in [6.07, 6.45) is 0. The van der Waals surface area contributed by atoms with Gasteiger partial charge in [0.05, 0.1) is 0 Å². The first-order valence-electron chi connectivity index (χ1n) is 7.31. The topological polar surface area (TPSA) is 139 Å². The predicted molar refractivity (Wildman–Crippen MR) is 84.2 cm³/mol. The van der Waals surface area contributed by atoms with Gasteiger partial charge in [-0.05, 0) is 6.07 Å². The van der Waals surface area contributed by atoms with Gasteiger partial charge < -0.3 is 25.3 Å². The van der Waals surface area contributed by atoms with E-state index in [1.807, 2.05) is 6.07 Å². The number of nitrogens with two attached hydrogens (primary N) is 1. The number of anilines is 1. The maximum absolute atomic E-state index is 13.0. The molecule has 1 spiro atoms. The molecule has 124 valence electrons. The fourth-order valence-corrected chi connectivity index (χ4v) is 3.28. The number of ether oxygens (including phenoxy) is 1. The van der Waals surface area contributed by atoms with Crippen molar-refractivity contribution in [3.8, 4) is 11.8 Å². The van der Waals surface area contributed by atoms with Gasteiger partial charge in [0.15, 0.2) is 11.2 Å². The third-order valence-electron chi connectivity index (χ3n) is 4.32. The second-order valence-corrected chi connectivity index (χ2v) is 5.60. The van der Waals surface area contributed by atoms with Crippen molar-refractivity contribution in [1.29, 1.82) is 5.26 Å². The number of hydrogen-bond donors (Lipinski definition) is 3. The number of benzene rings is 1. The zero-order valence-corrected chi connectivity index (χ0v) is 12.7. The molecule has 0 aliphatic carbocycles. The number of fused-ring (bicyclic) bond motifs is 4. The number of amides is 1. The van der Waals surface area contributed by atoms with Crippen LogP contribution in [0.5, 0.6) is 5.75 Å². The van der Waals surface area contributed by atoms with Crippen LogP contribution in [0.15, 0.2) is 51.0 Å². The highest BCUT2D eigenvalue weighted by atomic mass is 16.5. The molecule has 0 fully saturated rings. The van der Waals surface area contributed by atoms with E-state index in [2.05, 4.69) is 5.32 Å². The minimum Gasteiger partial charge on any atom is -0.457 e. The Balaban J connectivity index is 2.19. The third-order valence-corrected chi connectivity index (χ3v) is 4.32. The summed E-state index contributed by atoms with van der Waals surface area (Å²) in [6.45, 7) is -0.553. The minimum atomic E-state index is -1.74. The summed E-state index contributed by atoms with van der Waals surface area (Å²) < 4.78 is 10.9. The first-order chi connectivity index (χ1) is 12.0. The number of nitrogens with zero attached hydrogens (tertiary/aromatic N) is 1. The first-order valence-corrected chi connectivity index (χ1v) is 7.31. The zero-order chi connectivity index (χ0) is 17.8. The number of rotatable bonds is 1. The molecule has 1 aromatic carbocycles. The van der Waals surface area contributed by atoms with Crippen LogP contribution in [0.1, 0.15) is 17.1 Å². The average Bonchev–Trinajstić information content (AvgIpc) is 2.89. The van der Waals surface area contributed by atoms with Crippen LogP contribution >= 0.6 is 0 Å². The number of para-hydroxylation sites is 1. The summed E-state index contributed by atoms with van der Waals surface area (Å²) in [5.41, 5.74) is 4.20. The summed E-state index contributed by atoms with van der Waals surface area (Å²) in [5.74, 6) is -1.43. The molecule has 1 atom stereocenters. The molecule has 4 rings (SSSR count). The Labute approximate surface area is 140 Å². The van der Waals surface area contributed by atoms with Gasteiger partial charge in [-0.3, -0.25) is 9.59 Å². The zero-order valence-electron chi connectivity index (χ0n) is 12.7. The van der Waals surface area contributed by atoms with Crippen LogP contribution in [-0.4, -0.2) is 11.0 Å². The van der Waals surface area contributed by atoms with Gasteiger partial charge in [0.25, 0.3) is 0 Å². The van der Waals surface area contributed by atoms with Crippen molar-refractivity contribution in [2.75, 3.05) is 5.32 Å². The van der Waals surface area contributed by atoms with Gasteiger partial charge in [-0.15, -0.1) is 0 Å². The van der Waals surface area contributed by atoms with Crippen molar-refractivity contribution in [2.45, 2.75) is 12.0 Å². The molecule has 1 aromatic heterocycles. The van der Waals surface area contributed by atoms with Gasteiger partial charge in [0, 0.05) is 17.3 Å².